The molecule has 2 atom stereocenters. The number of benzene rings is 1. The van der Waals surface area contributed by atoms with Crippen molar-refractivity contribution in [1.82, 2.24) is 34.4 Å². The monoisotopic (exact) mass is 553 g/mol. The number of hydrogen-bond donors (Lipinski definition) is 0. The molecule has 0 amide bonds. The number of rotatable bonds is 9. The summed E-state index contributed by atoms with van der Waals surface area (Å²) in [4.78, 5) is 10.9. The molecule has 4 aromatic rings. The van der Waals surface area contributed by atoms with Gasteiger partial charge in [0, 0.05) is 61.4 Å². The molecule has 0 saturated carbocycles. The Morgan fingerprint density at radius 3 is 2.85 bits per heavy atom. The lowest BCUT2D eigenvalue weighted by molar-refractivity contribution is -0.188. The minimum absolute atomic E-state index is 0.165. The first-order valence-electron chi connectivity index (χ1n) is 14.3. The second kappa shape index (κ2) is 13.1. The zero-order valence-corrected chi connectivity index (χ0v) is 23.4. The third-order valence-electron chi connectivity index (χ3n) is 7.44. The lowest BCUT2D eigenvalue weighted by Gasteiger charge is -2.26. The molecule has 6 rings (SSSR count). The molecule has 3 aromatic heterocycles. The summed E-state index contributed by atoms with van der Waals surface area (Å²) in [5.74, 6) is 8.23. The Balaban J connectivity index is 1.02. The fourth-order valence-electron chi connectivity index (χ4n) is 5.11. The van der Waals surface area contributed by atoms with Gasteiger partial charge in [-0.25, -0.2) is 9.97 Å². The first-order chi connectivity index (χ1) is 20.2. The highest BCUT2D eigenvalue weighted by Gasteiger charge is 2.21. The molecule has 10 heteroatoms. The van der Waals surface area contributed by atoms with Crippen molar-refractivity contribution in [2.75, 3.05) is 26.2 Å². The highest BCUT2D eigenvalue weighted by molar-refractivity contribution is 5.59. The number of imidazole rings is 1. The fraction of sp³-hybridized carbons (Fsp3) is 0.419. The van der Waals surface area contributed by atoms with Crippen LogP contribution in [-0.2, 0) is 22.6 Å². The topological polar surface area (TPSA) is 96.3 Å². The SMILES string of the molecule is C[C@H](OC1CCCCO1)c1nccn1Cc1cc(-c2ccc(C#CC3=CCN(CCn4cncn4)CC3)cc2)on1. The first kappa shape index (κ1) is 27.1. The maximum absolute atomic E-state index is 6.11. The molecular weight excluding hydrogens is 518 g/mol. The highest BCUT2D eigenvalue weighted by atomic mass is 16.7. The van der Waals surface area contributed by atoms with Crippen molar-refractivity contribution in [2.24, 2.45) is 0 Å². The maximum Gasteiger partial charge on any atom is 0.167 e. The van der Waals surface area contributed by atoms with Crippen LogP contribution in [0.4, 0.5) is 0 Å². The van der Waals surface area contributed by atoms with Crippen LogP contribution in [0.15, 0.2) is 71.6 Å². The second-order valence-electron chi connectivity index (χ2n) is 10.4. The molecule has 0 N–H and O–H groups in total. The fourth-order valence-corrected chi connectivity index (χ4v) is 5.11. The van der Waals surface area contributed by atoms with E-state index in [9.17, 15) is 0 Å². The van der Waals surface area contributed by atoms with E-state index in [1.165, 1.54) is 5.57 Å². The maximum atomic E-state index is 6.11. The Kier molecular flexibility index (Phi) is 8.66. The third-order valence-corrected chi connectivity index (χ3v) is 7.44. The number of ether oxygens (including phenoxy) is 2. The summed E-state index contributed by atoms with van der Waals surface area (Å²) >= 11 is 0. The molecule has 1 unspecified atom stereocenters. The average molecular weight is 554 g/mol. The van der Waals surface area contributed by atoms with Crippen LogP contribution < -0.4 is 0 Å². The molecule has 2 aliphatic rings. The minimum Gasteiger partial charge on any atom is -0.356 e. The van der Waals surface area contributed by atoms with Gasteiger partial charge in [0.25, 0.3) is 0 Å². The van der Waals surface area contributed by atoms with Crippen molar-refractivity contribution in [2.45, 2.75) is 58.1 Å². The normalized spacial score (nSPS) is 18.5. The number of nitrogens with zero attached hydrogens (tertiary/aromatic N) is 7. The lowest BCUT2D eigenvalue weighted by atomic mass is 10.1. The van der Waals surface area contributed by atoms with Gasteiger partial charge >= 0.3 is 0 Å². The van der Waals surface area contributed by atoms with Crippen LogP contribution in [0, 0.1) is 11.8 Å². The van der Waals surface area contributed by atoms with E-state index in [0.717, 1.165) is 86.9 Å². The van der Waals surface area contributed by atoms with E-state index in [-0.39, 0.29) is 12.4 Å². The smallest absolute Gasteiger partial charge is 0.167 e. The van der Waals surface area contributed by atoms with Gasteiger partial charge in [-0.3, -0.25) is 9.58 Å². The van der Waals surface area contributed by atoms with Crippen LogP contribution in [-0.4, -0.2) is 66.9 Å². The summed E-state index contributed by atoms with van der Waals surface area (Å²) in [5, 5.41) is 8.47. The lowest BCUT2D eigenvalue weighted by Crippen LogP contribution is -2.31. The standard InChI is InChI=1S/C31H35N7O3/c1-24(40-30-4-2-3-19-39-30)31-33-13-16-37(31)21-28-20-29(41-35-28)27-9-7-25(8-10-27)5-6-26-11-14-36(15-12-26)17-18-38-23-32-22-34-38/h7-11,13,16,20,22-24,30H,2-4,12,14-15,17-19,21H2,1H3/t24-,30?/m0/s1. The molecule has 2 aliphatic heterocycles. The molecule has 10 nitrogen and oxygen atoms in total. The summed E-state index contributed by atoms with van der Waals surface area (Å²) in [6.07, 6.45) is 13.0. The van der Waals surface area contributed by atoms with E-state index in [1.807, 2.05) is 52.7 Å². The third kappa shape index (κ3) is 7.19. The van der Waals surface area contributed by atoms with E-state index in [0.29, 0.717) is 6.54 Å². The van der Waals surface area contributed by atoms with Crippen molar-refractivity contribution >= 4 is 0 Å². The zero-order valence-electron chi connectivity index (χ0n) is 23.4. The summed E-state index contributed by atoms with van der Waals surface area (Å²) in [5.41, 5.74) is 3.95. The molecule has 41 heavy (non-hydrogen) atoms. The molecule has 1 saturated heterocycles. The second-order valence-corrected chi connectivity index (χ2v) is 10.4. The Morgan fingerprint density at radius 1 is 1.15 bits per heavy atom. The molecule has 212 valence electrons. The summed E-state index contributed by atoms with van der Waals surface area (Å²) < 4.78 is 21.4. The predicted molar refractivity (Wildman–Crippen MR) is 152 cm³/mol. The van der Waals surface area contributed by atoms with Gasteiger partial charge in [0.1, 0.15) is 30.3 Å². The van der Waals surface area contributed by atoms with Crippen molar-refractivity contribution in [3.63, 3.8) is 0 Å². The quantitative estimate of drug-likeness (QED) is 0.280. The van der Waals surface area contributed by atoms with Gasteiger partial charge < -0.3 is 18.6 Å². The molecular formula is C31H35N7O3. The van der Waals surface area contributed by atoms with Gasteiger partial charge in [-0.2, -0.15) is 5.10 Å². The zero-order chi connectivity index (χ0) is 27.9. The Labute approximate surface area is 240 Å². The van der Waals surface area contributed by atoms with Gasteiger partial charge in [-0.05, 0) is 56.9 Å². The average Bonchev–Trinajstić information content (AvgIpc) is 3.80. The van der Waals surface area contributed by atoms with E-state index in [2.05, 4.69) is 43.0 Å². The predicted octanol–water partition coefficient (Wildman–Crippen LogP) is 4.47. The van der Waals surface area contributed by atoms with Crippen molar-refractivity contribution < 1.29 is 14.0 Å². The van der Waals surface area contributed by atoms with Crippen LogP contribution in [0.2, 0.25) is 0 Å². The van der Waals surface area contributed by atoms with Crippen LogP contribution in [0.3, 0.4) is 0 Å². The Morgan fingerprint density at radius 2 is 2.07 bits per heavy atom. The largest absolute Gasteiger partial charge is 0.356 e. The van der Waals surface area contributed by atoms with Gasteiger partial charge in [0.2, 0.25) is 0 Å². The minimum atomic E-state index is -0.179. The number of hydrogen-bond acceptors (Lipinski definition) is 8. The van der Waals surface area contributed by atoms with Crippen LogP contribution in [0.5, 0.6) is 0 Å². The van der Waals surface area contributed by atoms with Gasteiger partial charge in [-0.1, -0.05) is 23.1 Å². The Hall–Kier alpha value is -4.04. The molecule has 1 fully saturated rings. The van der Waals surface area contributed by atoms with E-state index < -0.39 is 0 Å². The summed E-state index contributed by atoms with van der Waals surface area (Å²) in [6.45, 7) is 7.04. The van der Waals surface area contributed by atoms with Crippen molar-refractivity contribution in [3.8, 4) is 23.2 Å². The summed E-state index contributed by atoms with van der Waals surface area (Å²) in [7, 11) is 0. The van der Waals surface area contributed by atoms with Crippen LogP contribution in [0.25, 0.3) is 11.3 Å². The van der Waals surface area contributed by atoms with E-state index in [1.54, 1.807) is 18.9 Å². The molecule has 0 bridgehead atoms. The van der Waals surface area contributed by atoms with Gasteiger partial charge in [0.05, 0.1) is 13.1 Å². The molecule has 0 spiro atoms. The van der Waals surface area contributed by atoms with Gasteiger partial charge in [-0.15, -0.1) is 0 Å². The first-order valence-corrected chi connectivity index (χ1v) is 14.3. The van der Waals surface area contributed by atoms with Crippen LogP contribution in [0.1, 0.15) is 55.8 Å². The number of aromatic nitrogens is 6. The molecule has 1 aromatic carbocycles. The molecule has 0 radical (unpaired) electrons. The molecule has 0 aliphatic carbocycles. The Bertz CT molecular complexity index is 1490. The van der Waals surface area contributed by atoms with Crippen molar-refractivity contribution in [3.05, 3.63) is 84.1 Å². The van der Waals surface area contributed by atoms with Crippen molar-refractivity contribution in [1.29, 1.82) is 0 Å². The van der Waals surface area contributed by atoms with E-state index >= 15 is 0 Å². The molecule has 5 heterocycles. The highest BCUT2D eigenvalue weighted by Crippen LogP contribution is 2.25. The van der Waals surface area contributed by atoms with Gasteiger partial charge in [0.15, 0.2) is 12.1 Å². The van der Waals surface area contributed by atoms with Crippen LogP contribution >= 0.6 is 0 Å². The van der Waals surface area contributed by atoms with E-state index in [4.69, 9.17) is 14.0 Å². The summed E-state index contributed by atoms with van der Waals surface area (Å²) in [6, 6.07) is 10.1.